The van der Waals surface area contributed by atoms with Crippen molar-refractivity contribution < 1.29 is 22.0 Å². The lowest BCUT2D eigenvalue weighted by Crippen LogP contribution is -2.49. The highest BCUT2D eigenvalue weighted by Crippen LogP contribution is 2.26. The maximum atomic E-state index is 13.3. The van der Waals surface area contributed by atoms with Gasteiger partial charge in [0.05, 0.1) is 4.90 Å². The number of sulfonamides is 1. The maximum Gasteiger partial charge on any atom is 0.243 e. The Bertz CT molecular complexity index is 901. The first-order valence-corrected chi connectivity index (χ1v) is 9.66. The molecule has 0 aliphatic carbocycles. The van der Waals surface area contributed by atoms with Gasteiger partial charge in [-0.25, -0.2) is 17.2 Å². The molecule has 1 saturated heterocycles. The van der Waals surface area contributed by atoms with Crippen molar-refractivity contribution in [1.82, 2.24) is 4.31 Å². The zero-order chi connectivity index (χ0) is 18.7. The van der Waals surface area contributed by atoms with E-state index in [0.717, 1.165) is 16.4 Å². The van der Waals surface area contributed by atoms with Crippen LogP contribution in [0.3, 0.4) is 0 Å². The van der Waals surface area contributed by atoms with E-state index in [2.05, 4.69) is 5.32 Å². The lowest BCUT2D eigenvalue weighted by molar-refractivity contribution is -0.120. The molecular formula is C18H18F2N2O3S. The molecule has 3 rings (SSSR count). The van der Waals surface area contributed by atoms with E-state index in [1.54, 1.807) is 0 Å². The van der Waals surface area contributed by atoms with Crippen LogP contribution in [0, 0.1) is 11.6 Å². The molecule has 0 unspecified atom stereocenters. The van der Waals surface area contributed by atoms with Gasteiger partial charge >= 0.3 is 0 Å². The van der Waals surface area contributed by atoms with E-state index >= 15 is 0 Å². The lowest BCUT2D eigenvalue weighted by atomic mass is 10.0. The highest BCUT2D eigenvalue weighted by Gasteiger charge is 2.37. The first-order valence-electron chi connectivity index (χ1n) is 8.22. The summed E-state index contributed by atoms with van der Waals surface area (Å²) >= 11 is 0. The van der Waals surface area contributed by atoms with Gasteiger partial charge in [-0.2, -0.15) is 4.31 Å². The van der Waals surface area contributed by atoms with Crippen molar-refractivity contribution in [2.24, 2.45) is 0 Å². The molecule has 2 aromatic rings. The van der Waals surface area contributed by atoms with Gasteiger partial charge in [-0.15, -0.1) is 0 Å². The molecule has 1 N–H and O–H groups in total. The second-order valence-corrected chi connectivity index (χ2v) is 7.97. The number of nitrogens with one attached hydrogen (secondary N) is 1. The minimum Gasteiger partial charge on any atom is -0.325 e. The van der Waals surface area contributed by atoms with Crippen LogP contribution in [0.25, 0.3) is 0 Å². The van der Waals surface area contributed by atoms with Crippen molar-refractivity contribution in [3.8, 4) is 0 Å². The summed E-state index contributed by atoms with van der Waals surface area (Å²) in [5.41, 5.74) is 0.264. The molecule has 138 valence electrons. The summed E-state index contributed by atoms with van der Waals surface area (Å²) in [5, 5.41) is 2.57. The molecule has 26 heavy (non-hydrogen) atoms. The number of rotatable bonds is 4. The largest absolute Gasteiger partial charge is 0.325 e. The number of anilines is 1. The molecule has 1 aliphatic heterocycles. The second kappa shape index (κ2) is 7.51. The molecule has 8 heteroatoms. The highest BCUT2D eigenvalue weighted by molar-refractivity contribution is 7.89. The Morgan fingerprint density at radius 2 is 1.77 bits per heavy atom. The standard InChI is InChI=1S/C18H18F2N2O3S/c19-13-7-9-16(10-8-13)26(24,25)22-11-2-1-6-17(22)18(23)21-15-5-3-4-14(20)12-15/h3-5,7-10,12,17H,1-2,6,11H2,(H,21,23)/t17-/m1/s1. The Labute approximate surface area is 150 Å². The van der Waals surface area contributed by atoms with E-state index in [-0.39, 0.29) is 17.1 Å². The molecule has 0 bridgehead atoms. The molecule has 5 nitrogen and oxygen atoms in total. The first-order chi connectivity index (χ1) is 12.4. The Balaban J connectivity index is 1.85. The van der Waals surface area contributed by atoms with Crippen LogP contribution in [0.15, 0.2) is 53.4 Å². The molecule has 1 fully saturated rings. The first kappa shape index (κ1) is 18.5. The van der Waals surface area contributed by atoms with E-state index in [1.807, 2.05) is 0 Å². The van der Waals surface area contributed by atoms with E-state index < -0.39 is 33.6 Å². The van der Waals surface area contributed by atoms with Crippen LogP contribution in [-0.2, 0) is 14.8 Å². The van der Waals surface area contributed by atoms with Gasteiger partial charge < -0.3 is 5.32 Å². The van der Waals surface area contributed by atoms with Crippen LogP contribution in [0.5, 0.6) is 0 Å². The van der Waals surface area contributed by atoms with Crippen LogP contribution in [0.1, 0.15) is 19.3 Å². The number of nitrogens with zero attached hydrogens (tertiary/aromatic N) is 1. The number of piperidine rings is 1. The predicted octanol–water partition coefficient (Wildman–Crippen LogP) is 3.15. The molecule has 0 saturated carbocycles. The van der Waals surface area contributed by atoms with Crippen molar-refractivity contribution in [2.45, 2.75) is 30.2 Å². The predicted molar refractivity (Wildman–Crippen MR) is 93.0 cm³/mol. The van der Waals surface area contributed by atoms with Crippen molar-refractivity contribution >= 4 is 21.6 Å². The average molecular weight is 380 g/mol. The molecule has 1 atom stereocenters. The Kier molecular flexibility index (Phi) is 5.33. The monoisotopic (exact) mass is 380 g/mol. The van der Waals surface area contributed by atoms with Gasteiger partial charge in [0, 0.05) is 12.2 Å². The van der Waals surface area contributed by atoms with Crippen LogP contribution in [-0.4, -0.2) is 31.2 Å². The van der Waals surface area contributed by atoms with Gasteiger partial charge in [0.25, 0.3) is 0 Å². The summed E-state index contributed by atoms with van der Waals surface area (Å²) in [6.07, 6.45) is 1.70. The highest BCUT2D eigenvalue weighted by atomic mass is 32.2. The molecule has 1 amide bonds. The zero-order valence-electron chi connectivity index (χ0n) is 13.9. The molecular weight excluding hydrogens is 362 g/mol. The summed E-state index contributed by atoms with van der Waals surface area (Å²) < 4.78 is 53.3. The van der Waals surface area contributed by atoms with Gasteiger partial charge in [-0.3, -0.25) is 4.79 Å². The Morgan fingerprint density at radius 3 is 2.46 bits per heavy atom. The van der Waals surface area contributed by atoms with E-state index in [0.29, 0.717) is 19.3 Å². The third-order valence-corrected chi connectivity index (χ3v) is 6.19. The molecule has 1 heterocycles. The van der Waals surface area contributed by atoms with Crippen LogP contribution < -0.4 is 5.32 Å². The Morgan fingerprint density at radius 1 is 1.04 bits per heavy atom. The number of amides is 1. The quantitative estimate of drug-likeness (QED) is 0.886. The fraction of sp³-hybridized carbons (Fsp3) is 0.278. The van der Waals surface area contributed by atoms with E-state index in [9.17, 15) is 22.0 Å². The molecule has 1 aliphatic rings. The van der Waals surface area contributed by atoms with E-state index in [1.165, 1.54) is 36.4 Å². The van der Waals surface area contributed by atoms with Crippen molar-refractivity contribution in [3.63, 3.8) is 0 Å². The fourth-order valence-electron chi connectivity index (χ4n) is 2.99. The summed E-state index contributed by atoms with van der Waals surface area (Å²) in [6, 6.07) is 9.00. The van der Waals surface area contributed by atoms with Gasteiger partial charge in [-0.1, -0.05) is 12.5 Å². The van der Waals surface area contributed by atoms with Crippen molar-refractivity contribution in [3.05, 3.63) is 60.2 Å². The van der Waals surface area contributed by atoms with Gasteiger partial charge in [0.2, 0.25) is 15.9 Å². The normalized spacial score (nSPS) is 18.5. The van der Waals surface area contributed by atoms with Crippen LogP contribution in [0.4, 0.5) is 14.5 Å². The van der Waals surface area contributed by atoms with Gasteiger partial charge in [0.1, 0.15) is 17.7 Å². The molecule has 0 spiro atoms. The summed E-state index contributed by atoms with van der Waals surface area (Å²) in [4.78, 5) is 12.6. The topological polar surface area (TPSA) is 66.5 Å². The zero-order valence-corrected chi connectivity index (χ0v) is 14.7. The fourth-order valence-corrected chi connectivity index (χ4v) is 4.64. The maximum absolute atomic E-state index is 13.3. The number of carbonyl (C=O) groups is 1. The second-order valence-electron chi connectivity index (χ2n) is 6.08. The lowest BCUT2D eigenvalue weighted by Gasteiger charge is -2.33. The minimum atomic E-state index is -3.94. The smallest absolute Gasteiger partial charge is 0.243 e. The third kappa shape index (κ3) is 3.91. The Hall–Kier alpha value is -2.32. The number of hydrogen-bond donors (Lipinski definition) is 1. The van der Waals surface area contributed by atoms with E-state index in [4.69, 9.17) is 0 Å². The minimum absolute atomic E-state index is 0.0654. The molecule has 2 aromatic carbocycles. The van der Waals surface area contributed by atoms with Crippen molar-refractivity contribution in [1.29, 1.82) is 0 Å². The number of carbonyl (C=O) groups excluding carboxylic acids is 1. The summed E-state index contributed by atoms with van der Waals surface area (Å²) in [5.74, 6) is -1.55. The number of benzene rings is 2. The van der Waals surface area contributed by atoms with Crippen LogP contribution in [0.2, 0.25) is 0 Å². The SMILES string of the molecule is O=C(Nc1cccc(F)c1)[C@H]1CCCCN1S(=O)(=O)c1ccc(F)cc1. The van der Waals surface area contributed by atoms with Gasteiger partial charge in [-0.05, 0) is 55.3 Å². The van der Waals surface area contributed by atoms with Crippen molar-refractivity contribution in [2.75, 3.05) is 11.9 Å². The molecule has 0 aromatic heterocycles. The molecule has 0 radical (unpaired) electrons. The summed E-state index contributed by atoms with van der Waals surface area (Å²) in [6.45, 7) is 0.195. The third-order valence-electron chi connectivity index (χ3n) is 4.27. The average Bonchev–Trinajstić information content (AvgIpc) is 2.62. The summed E-state index contributed by atoms with van der Waals surface area (Å²) in [7, 11) is -3.94. The number of hydrogen-bond acceptors (Lipinski definition) is 3. The number of halogens is 2. The van der Waals surface area contributed by atoms with Crippen LogP contribution >= 0.6 is 0 Å². The van der Waals surface area contributed by atoms with Gasteiger partial charge in [0.15, 0.2) is 0 Å².